The van der Waals surface area contributed by atoms with Gasteiger partial charge in [-0.1, -0.05) is 13.8 Å². The third kappa shape index (κ3) is 3.19. The Morgan fingerprint density at radius 1 is 1.50 bits per heavy atom. The van der Waals surface area contributed by atoms with E-state index in [0.29, 0.717) is 6.42 Å². The Morgan fingerprint density at radius 2 is 2.06 bits per heavy atom. The van der Waals surface area contributed by atoms with E-state index in [-0.39, 0.29) is 35.7 Å². The molecule has 0 aromatic rings. The number of ether oxygens (including phenoxy) is 1. The summed E-state index contributed by atoms with van der Waals surface area (Å²) in [5.74, 6) is -0.111. The van der Waals surface area contributed by atoms with Crippen molar-refractivity contribution in [3.8, 4) is 0 Å². The summed E-state index contributed by atoms with van der Waals surface area (Å²) in [6.45, 7) is 9.73. The fraction of sp³-hybridized carbons (Fsp3) is 0.917. The van der Waals surface area contributed by atoms with Crippen LogP contribution in [0.1, 0.15) is 41.0 Å². The lowest BCUT2D eigenvalue weighted by Gasteiger charge is -2.49. The summed E-state index contributed by atoms with van der Waals surface area (Å²) < 4.78 is 5.38. The number of amides is 1. The average molecular weight is 229 g/mol. The molecule has 1 fully saturated rings. The summed E-state index contributed by atoms with van der Waals surface area (Å²) in [5.41, 5.74) is -0.524. The number of hydrogen-bond acceptors (Lipinski definition) is 3. The van der Waals surface area contributed by atoms with Gasteiger partial charge in [0, 0.05) is 11.5 Å². The van der Waals surface area contributed by atoms with E-state index in [1.807, 2.05) is 34.6 Å². The van der Waals surface area contributed by atoms with E-state index in [0.717, 1.165) is 0 Å². The van der Waals surface area contributed by atoms with Gasteiger partial charge in [0.1, 0.15) is 6.61 Å². The zero-order valence-corrected chi connectivity index (χ0v) is 10.8. The molecule has 1 rings (SSSR count). The summed E-state index contributed by atoms with van der Waals surface area (Å²) >= 11 is 0. The number of aliphatic hydroxyl groups excluding tert-OH is 1. The molecule has 0 saturated heterocycles. The van der Waals surface area contributed by atoms with Gasteiger partial charge in [-0.3, -0.25) is 4.79 Å². The Labute approximate surface area is 97.4 Å². The molecule has 0 aromatic heterocycles. The highest BCUT2D eigenvalue weighted by Crippen LogP contribution is 2.40. The number of carbonyl (C=O) groups is 1. The van der Waals surface area contributed by atoms with Gasteiger partial charge in [-0.25, -0.2) is 0 Å². The largest absolute Gasteiger partial charge is 0.392 e. The minimum atomic E-state index is -0.318. The molecule has 2 N–H and O–H groups in total. The Balaban J connectivity index is 2.31. The minimum absolute atomic E-state index is 0.0542. The van der Waals surface area contributed by atoms with Gasteiger partial charge in [-0.15, -0.1) is 0 Å². The highest BCUT2D eigenvalue weighted by molar-refractivity contribution is 5.77. The molecule has 0 spiro atoms. The minimum Gasteiger partial charge on any atom is -0.392 e. The SMILES string of the molecule is CC(C)(C)OCC(=O)NC1CC(O)C1(C)C. The summed E-state index contributed by atoms with van der Waals surface area (Å²) in [5, 5.41) is 12.4. The number of carbonyl (C=O) groups excluding carboxylic acids is 1. The number of rotatable bonds is 3. The molecular formula is C12H23NO3. The summed E-state index contributed by atoms with van der Waals surface area (Å²) in [7, 11) is 0. The molecule has 1 aliphatic rings. The predicted molar refractivity (Wildman–Crippen MR) is 62.0 cm³/mol. The zero-order valence-electron chi connectivity index (χ0n) is 10.8. The van der Waals surface area contributed by atoms with Crippen molar-refractivity contribution in [3.63, 3.8) is 0 Å². The second-order valence-electron chi connectivity index (χ2n) is 6.09. The van der Waals surface area contributed by atoms with Crippen molar-refractivity contribution in [2.45, 2.75) is 58.8 Å². The van der Waals surface area contributed by atoms with Crippen molar-refractivity contribution in [1.29, 1.82) is 0 Å². The van der Waals surface area contributed by atoms with E-state index in [1.54, 1.807) is 0 Å². The summed E-state index contributed by atoms with van der Waals surface area (Å²) in [4.78, 5) is 11.6. The van der Waals surface area contributed by atoms with Gasteiger partial charge >= 0.3 is 0 Å². The standard InChI is InChI=1S/C12H23NO3/c1-11(2,3)16-7-10(15)13-8-6-9(14)12(8,4)5/h8-9,14H,6-7H2,1-5H3,(H,13,15). The van der Waals surface area contributed by atoms with Gasteiger partial charge in [-0.05, 0) is 27.2 Å². The van der Waals surface area contributed by atoms with Crippen LogP contribution in [0.25, 0.3) is 0 Å². The second-order valence-corrected chi connectivity index (χ2v) is 6.09. The van der Waals surface area contributed by atoms with Crippen LogP contribution in [0.2, 0.25) is 0 Å². The van der Waals surface area contributed by atoms with Gasteiger partial charge in [0.15, 0.2) is 0 Å². The Morgan fingerprint density at radius 3 is 2.44 bits per heavy atom. The number of nitrogens with one attached hydrogen (secondary N) is 1. The highest BCUT2D eigenvalue weighted by atomic mass is 16.5. The first kappa shape index (κ1) is 13.5. The van der Waals surface area contributed by atoms with Crippen LogP contribution in [-0.2, 0) is 9.53 Å². The monoisotopic (exact) mass is 229 g/mol. The molecule has 0 aromatic carbocycles. The molecule has 0 radical (unpaired) electrons. The van der Waals surface area contributed by atoms with E-state index >= 15 is 0 Å². The lowest BCUT2D eigenvalue weighted by Crippen LogP contribution is -2.61. The van der Waals surface area contributed by atoms with Crippen LogP contribution in [0.15, 0.2) is 0 Å². The van der Waals surface area contributed by atoms with Crippen LogP contribution in [0.4, 0.5) is 0 Å². The van der Waals surface area contributed by atoms with Gasteiger partial charge in [0.2, 0.25) is 5.91 Å². The Bertz CT molecular complexity index is 268. The maximum Gasteiger partial charge on any atom is 0.246 e. The molecule has 0 heterocycles. The first-order valence-electron chi connectivity index (χ1n) is 5.74. The normalized spacial score (nSPS) is 28.4. The highest BCUT2D eigenvalue weighted by Gasteiger charge is 2.47. The molecule has 1 aliphatic carbocycles. The maximum absolute atomic E-state index is 11.6. The van der Waals surface area contributed by atoms with E-state index in [2.05, 4.69) is 5.32 Å². The van der Waals surface area contributed by atoms with Crippen LogP contribution in [0.3, 0.4) is 0 Å². The lowest BCUT2D eigenvalue weighted by atomic mass is 9.64. The van der Waals surface area contributed by atoms with Crippen molar-refractivity contribution in [3.05, 3.63) is 0 Å². The van der Waals surface area contributed by atoms with Crippen molar-refractivity contribution in [1.82, 2.24) is 5.32 Å². The van der Waals surface area contributed by atoms with Crippen molar-refractivity contribution >= 4 is 5.91 Å². The van der Waals surface area contributed by atoms with E-state index < -0.39 is 0 Å². The fourth-order valence-corrected chi connectivity index (χ4v) is 1.67. The third-order valence-corrected chi connectivity index (χ3v) is 3.19. The second kappa shape index (κ2) is 4.34. The van der Waals surface area contributed by atoms with Gasteiger partial charge in [0.25, 0.3) is 0 Å². The maximum atomic E-state index is 11.6. The van der Waals surface area contributed by atoms with Crippen molar-refractivity contribution in [2.75, 3.05) is 6.61 Å². The molecule has 1 saturated carbocycles. The van der Waals surface area contributed by atoms with Crippen LogP contribution in [0.5, 0.6) is 0 Å². The Hall–Kier alpha value is -0.610. The molecule has 2 unspecified atom stereocenters. The third-order valence-electron chi connectivity index (χ3n) is 3.19. The molecular weight excluding hydrogens is 206 g/mol. The molecule has 0 bridgehead atoms. The zero-order chi connectivity index (χ0) is 12.6. The molecule has 1 amide bonds. The number of aliphatic hydroxyl groups is 1. The number of hydrogen-bond donors (Lipinski definition) is 2. The fourth-order valence-electron chi connectivity index (χ4n) is 1.67. The van der Waals surface area contributed by atoms with E-state index in [9.17, 15) is 9.90 Å². The molecule has 0 aliphatic heterocycles. The first-order valence-corrected chi connectivity index (χ1v) is 5.74. The quantitative estimate of drug-likeness (QED) is 0.761. The smallest absolute Gasteiger partial charge is 0.246 e. The van der Waals surface area contributed by atoms with Crippen LogP contribution in [0, 0.1) is 5.41 Å². The molecule has 4 heteroatoms. The van der Waals surface area contributed by atoms with Crippen molar-refractivity contribution in [2.24, 2.45) is 5.41 Å². The lowest BCUT2D eigenvalue weighted by molar-refractivity contribution is -0.138. The van der Waals surface area contributed by atoms with Gasteiger partial charge in [0.05, 0.1) is 11.7 Å². The Kier molecular flexibility index (Phi) is 3.65. The summed E-state index contributed by atoms with van der Waals surface area (Å²) in [6, 6.07) is 0.0542. The van der Waals surface area contributed by atoms with Crippen molar-refractivity contribution < 1.29 is 14.6 Å². The average Bonchev–Trinajstić information content (AvgIpc) is 2.13. The van der Waals surface area contributed by atoms with Gasteiger partial charge < -0.3 is 15.2 Å². The molecule has 2 atom stereocenters. The van der Waals surface area contributed by atoms with Crippen LogP contribution < -0.4 is 5.32 Å². The van der Waals surface area contributed by atoms with Crippen LogP contribution in [-0.4, -0.2) is 35.4 Å². The van der Waals surface area contributed by atoms with Crippen LogP contribution >= 0.6 is 0 Å². The first-order chi connectivity index (χ1) is 7.13. The molecule has 16 heavy (non-hydrogen) atoms. The van der Waals surface area contributed by atoms with E-state index in [1.165, 1.54) is 0 Å². The van der Waals surface area contributed by atoms with Gasteiger partial charge in [-0.2, -0.15) is 0 Å². The predicted octanol–water partition coefficient (Wildman–Crippen LogP) is 1.08. The topological polar surface area (TPSA) is 58.6 Å². The molecule has 4 nitrogen and oxygen atoms in total. The molecule has 94 valence electrons. The summed E-state index contributed by atoms with van der Waals surface area (Å²) in [6.07, 6.45) is 0.315. The van der Waals surface area contributed by atoms with E-state index in [4.69, 9.17) is 4.74 Å².